The second-order valence-corrected chi connectivity index (χ2v) is 9.87. The van der Waals surface area contributed by atoms with Crippen molar-refractivity contribution in [2.75, 3.05) is 11.9 Å². The Bertz CT molecular complexity index is 1360. The highest BCUT2D eigenvalue weighted by Gasteiger charge is 2.38. The van der Waals surface area contributed by atoms with E-state index in [0.717, 1.165) is 33.0 Å². The van der Waals surface area contributed by atoms with Gasteiger partial charge in [0.15, 0.2) is 5.78 Å². The van der Waals surface area contributed by atoms with E-state index in [1.807, 2.05) is 55.1 Å². The molecule has 0 radical (unpaired) electrons. The van der Waals surface area contributed by atoms with Crippen molar-refractivity contribution in [3.8, 4) is 5.69 Å². The van der Waals surface area contributed by atoms with E-state index >= 15 is 0 Å². The molecule has 4 nitrogen and oxygen atoms in total. The minimum atomic E-state index is -0.228. The maximum Gasteiger partial charge on any atom is 0.197 e. The van der Waals surface area contributed by atoms with Crippen LogP contribution < -0.4 is 4.90 Å². The maximum absolute atomic E-state index is 13.3. The second kappa shape index (κ2) is 7.08. The number of thiophene rings is 1. The van der Waals surface area contributed by atoms with E-state index in [2.05, 4.69) is 42.0 Å². The average Bonchev–Trinajstić information content (AvgIpc) is 3.37. The zero-order valence-corrected chi connectivity index (χ0v) is 19.4. The molecule has 0 spiro atoms. The number of fused-ring (bicyclic) bond motifs is 2. The summed E-state index contributed by atoms with van der Waals surface area (Å²) in [6, 6.07) is 17.9. The first-order chi connectivity index (χ1) is 14.8. The molecular formula is C25H22ClN3OS. The van der Waals surface area contributed by atoms with Gasteiger partial charge in [-0.15, -0.1) is 11.3 Å². The Kier molecular flexibility index (Phi) is 4.57. The number of carbonyl (C=O) groups is 1. The van der Waals surface area contributed by atoms with Crippen LogP contribution in [0.25, 0.3) is 15.9 Å². The van der Waals surface area contributed by atoms with E-state index in [-0.39, 0.29) is 11.2 Å². The van der Waals surface area contributed by atoms with Gasteiger partial charge in [0.2, 0.25) is 0 Å². The van der Waals surface area contributed by atoms with E-state index < -0.39 is 0 Å². The van der Waals surface area contributed by atoms with Crippen LogP contribution in [0.4, 0.5) is 5.69 Å². The molecule has 4 aromatic rings. The Morgan fingerprint density at radius 1 is 1.13 bits per heavy atom. The van der Waals surface area contributed by atoms with Gasteiger partial charge in [0.1, 0.15) is 4.83 Å². The summed E-state index contributed by atoms with van der Waals surface area (Å²) >= 11 is 7.51. The highest BCUT2D eigenvalue weighted by molar-refractivity contribution is 7.20. The fourth-order valence-electron chi connectivity index (χ4n) is 4.38. The molecule has 0 N–H and O–H groups in total. The van der Waals surface area contributed by atoms with Crippen molar-refractivity contribution < 1.29 is 4.79 Å². The topological polar surface area (TPSA) is 38.1 Å². The predicted molar refractivity (Wildman–Crippen MR) is 129 cm³/mol. The maximum atomic E-state index is 13.3. The number of nitrogens with zero attached hydrogens (tertiary/aromatic N) is 3. The van der Waals surface area contributed by atoms with Crippen LogP contribution in [0.3, 0.4) is 0 Å². The van der Waals surface area contributed by atoms with Crippen LogP contribution in [0.5, 0.6) is 0 Å². The van der Waals surface area contributed by atoms with Crippen molar-refractivity contribution in [1.82, 2.24) is 9.78 Å². The monoisotopic (exact) mass is 447 g/mol. The zero-order chi connectivity index (χ0) is 21.9. The number of likely N-dealkylation sites (N-methyl/N-ethyl adjacent to an activating group) is 1. The Balaban J connectivity index is 1.56. The molecule has 31 heavy (non-hydrogen) atoms. The second-order valence-electron chi connectivity index (χ2n) is 8.40. The van der Waals surface area contributed by atoms with Gasteiger partial charge in [0.25, 0.3) is 0 Å². The summed E-state index contributed by atoms with van der Waals surface area (Å²) in [5.74, 6) is 0.0194. The van der Waals surface area contributed by atoms with Crippen LogP contribution in [0.1, 0.15) is 34.8 Å². The van der Waals surface area contributed by atoms with Gasteiger partial charge in [-0.05, 0) is 48.9 Å². The third kappa shape index (κ3) is 3.11. The van der Waals surface area contributed by atoms with Crippen molar-refractivity contribution in [2.24, 2.45) is 0 Å². The Hall–Kier alpha value is -2.89. The summed E-state index contributed by atoms with van der Waals surface area (Å²) in [6.45, 7) is 6.31. The largest absolute Gasteiger partial charge is 0.347 e. The first-order valence-corrected chi connectivity index (χ1v) is 11.3. The van der Waals surface area contributed by atoms with E-state index in [9.17, 15) is 4.79 Å². The summed E-state index contributed by atoms with van der Waals surface area (Å²) in [6.07, 6.45) is 1.79. The molecule has 0 saturated carbocycles. The summed E-state index contributed by atoms with van der Waals surface area (Å²) in [4.78, 5) is 17.1. The van der Waals surface area contributed by atoms with Gasteiger partial charge in [-0.25, -0.2) is 4.68 Å². The minimum Gasteiger partial charge on any atom is -0.347 e. The number of hydrogen-bond acceptors (Lipinski definition) is 4. The molecule has 0 aliphatic carbocycles. The molecule has 0 bridgehead atoms. The standard InChI is InChI=1S/C25H22ClN3OS/c1-15-18-13-22(31-24(18)29(27-15)17-11-9-16(26)10-12-17)21(30)14-23-25(2,3)19-7-5-6-8-20(19)28(23)4/h5-14H,1-4H3/b23-14-. The lowest BCUT2D eigenvalue weighted by Crippen LogP contribution is -2.24. The molecule has 6 heteroatoms. The van der Waals surface area contributed by atoms with Crippen LogP contribution in [0.15, 0.2) is 66.4 Å². The van der Waals surface area contributed by atoms with Gasteiger partial charge in [0.05, 0.1) is 16.3 Å². The molecule has 0 saturated heterocycles. The molecule has 1 aliphatic rings. The van der Waals surface area contributed by atoms with Gasteiger partial charge in [-0.3, -0.25) is 4.79 Å². The molecule has 5 rings (SSSR count). The molecule has 0 atom stereocenters. The number of para-hydroxylation sites is 1. The fourth-order valence-corrected chi connectivity index (χ4v) is 5.60. The van der Waals surface area contributed by atoms with Gasteiger partial charge in [-0.1, -0.05) is 43.6 Å². The van der Waals surface area contributed by atoms with E-state index in [4.69, 9.17) is 11.6 Å². The van der Waals surface area contributed by atoms with Crippen molar-refractivity contribution in [3.63, 3.8) is 0 Å². The van der Waals surface area contributed by atoms with Gasteiger partial charge in [-0.2, -0.15) is 5.10 Å². The minimum absolute atomic E-state index is 0.0194. The Morgan fingerprint density at radius 3 is 2.55 bits per heavy atom. The van der Waals surface area contributed by atoms with E-state index in [0.29, 0.717) is 9.90 Å². The molecule has 2 aromatic heterocycles. The number of rotatable bonds is 3. The first kappa shape index (κ1) is 20.0. The van der Waals surface area contributed by atoms with Crippen LogP contribution in [-0.4, -0.2) is 22.6 Å². The highest BCUT2D eigenvalue weighted by atomic mass is 35.5. The number of carbonyl (C=O) groups excluding carboxylic acids is 1. The number of aromatic nitrogens is 2. The molecule has 1 aliphatic heterocycles. The third-order valence-electron chi connectivity index (χ3n) is 6.07. The SMILES string of the molecule is Cc1nn(-c2ccc(Cl)cc2)c2sc(C(=O)/C=C3\N(C)c4ccccc4C3(C)C)cc12. The number of benzene rings is 2. The van der Waals surface area contributed by atoms with Crippen molar-refractivity contribution in [1.29, 1.82) is 0 Å². The predicted octanol–water partition coefficient (Wildman–Crippen LogP) is 6.54. The summed E-state index contributed by atoms with van der Waals surface area (Å²) in [5, 5.41) is 6.35. The van der Waals surface area contributed by atoms with Crippen molar-refractivity contribution >= 4 is 44.6 Å². The fraction of sp³-hybridized carbons (Fsp3) is 0.200. The molecule has 3 heterocycles. The summed E-state index contributed by atoms with van der Waals surface area (Å²) < 4.78 is 1.89. The van der Waals surface area contributed by atoms with Crippen LogP contribution in [0.2, 0.25) is 5.02 Å². The van der Waals surface area contributed by atoms with Gasteiger partial charge < -0.3 is 4.90 Å². The molecule has 0 fully saturated rings. The third-order valence-corrected chi connectivity index (χ3v) is 7.44. The normalized spacial score (nSPS) is 16.3. The number of hydrogen-bond donors (Lipinski definition) is 0. The lowest BCUT2D eigenvalue weighted by atomic mass is 9.83. The quantitative estimate of drug-likeness (QED) is 0.264. The average molecular weight is 448 g/mol. The summed E-state index contributed by atoms with van der Waals surface area (Å²) in [5.41, 5.74) is 4.99. The highest BCUT2D eigenvalue weighted by Crippen LogP contribution is 2.46. The molecule has 2 aromatic carbocycles. The van der Waals surface area contributed by atoms with Crippen LogP contribution in [-0.2, 0) is 5.41 Å². The van der Waals surface area contributed by atoms with Crippen molar-refractivity contribution in [3.05, 3.63) is 87.5 Å². The van der Waals surface area contributed by atoms with Crippen LogP contribution >= 0.6 is 22.9 Å². The van der Waals surface area contributed by atoms with Crippen molar-refractivity contribution in [2.45, 2.75) is 26.2 Å². The lowest BCUT2D eigenvalue weighted by Gasteiger charge is -2.23. The number of allylic oxidation sites excluding steroid dienone is 2. The van der Waals surface area contributed by atoms with E-state index in [1.54, 1.807) is 6.08 Å². The van der Waals surface area contributed by atoms with E-state index in [1.165, 1.54) is 16.9 Å². The molecule has 0 unspecified atom stereocenters. The smallest absolute Gasteiger partial charge is 0.197 e. The first-order valence-electron chi connectivity index (χ1n) is 10.1. The summed E-state index contributed by atoms with van der Waals surface area (Å²) in [7, 11) is 2.03. The molecule has 0 amide bonds. The zero-order valence-electron chi connectivity index (χ0n) is 17.8. The molecular weight excluding hydrogens is 426 g/mol. The lowest BCUT2D eigenvalue weighted by molar-refractivity contribution is 0.104. The Labute approximate surface area is 190 Å². The molecule has 156 valence electrons. The number of ketones is 1. The Morgan fingerprint density at radius 2 is 1.84 bits per heavy atom. The van der Waals surface area contributed by atoms with Gasteiger partial charge >= 0.3 is 0 Å². The van der Waals surface area contributed by atoms with Crippen LogP contribution in [0, 0.1) is 6.92 Å². The number of aryl methyl sites for hydroxylation is 1. The number of halogens is 1. The van der Waals surface area contributed by atoms with Gasteiger partial charge in [0, 0.05) is 40.3 Å². The number of anilines is 1.